The lowest BCUT2D eigenvalue weighted by atomic mass is 10.1. The fraction of sp³-hybridized carbons (Fsp3) is 0.0769. The van der Waals surface area contributed by atoms with Gasteiger partial charge in [0.15, 0.2) is 5.82 Å². The van der Waals surface area contributed by atoms with Crippen molar-refractivity contribution >= 4 is 6.08 Å². The summed E-state index contributed by atoms with van der Waals surface area (Å²) in [5.74, 6) is 0.471. The minimum atomic E-state index is -0.205. The number of hydrogen-bond acceptors (Lipinski definition) is 2. The molecule has 0 fully saturated rings. The number of hydrogen-bond donors (Lipinski definition) is 0. The Morgan fingerprint density at radius 3 is 2.31 bits per heavy atom. The second-order valence-corrected chi connectivity index (χ2v) is 3.43. The van der Waals surface area contributed by atoms with E-state index >= 15 is 0 Å². The molecule has 0 aliphatic heterocycles. The summed E-state index contributed by atoms with van der Waals surface area (Å²) in [6.45, 7) is 1.42. The van der Waals surface area contributed by atoms with Gasteiger partial charge in [0.2, 0.25) is 0 Å². The van der Waals surface area contributed by atoms with E-state index in [1.165, 1.54) is 13.0 Å². The normalized spacial score (nSPS) is 11.5. The molecule has 0 spiro atoms. The SMILES string of the molecule is C/C(F)=C/c1ccc(-c2ncccn2)cc1. The Morgan fingerprint density at radius 1 is 1.12 bits per heavy atom. The molecule has 0 saturated carbocycles. The second kappa shape index (κ2) is 4.66. The van der Waals surface area contributed by atoms with Crippen molar-refractivity contribution in [3.8, 4) is 11.4 Å². The average molecular weight is 214 g/mol. The molecule has 3 heteroatoms. The summed E-state index contributed by atoms with van der Waals surface area (Å²) in [4.78, 5) is 8.28. The smallest absolute Gasteiger partial charge is 0.159 e. The number of nitrogens with zero attached hydrogens (tertiary/aromatic N) is 2. The predicted octanol–water partition coefficient (Wildman–Crippen LogP) is 3.47. The first-order valence-electron chi connectivity index (χ1n) is 4.97. The van der Waals surface area contributed by atoms with Crippen molar-refractivity contribution in [3.05, 3.63) is 54.1 Å². The van der Waals surface area contributed by atoms with Crippen LogP contribution in [-0.2, 0) is 0 Å². The molecule has 16 heavy (non-hydrogen) atoms. The minimum Gasteiger partial charge on any atom is -0.237 e. The van der Waals surface area contributed by atoms with E-state index in [1.807, 2.05) is 24.3 Å². The maximum atomic E-state index is 12.6. The van der Waals surface area contributed by atoms with Crippen molar-refractivity contribution < 1.29 is 4.39 Å². The molecule has 0 aliphatic carbocycles. The van der Waals surface area contributed by atoms with Crippen LogP contribution >= 0.6 is 0 Å². The van der Waals surface area contributed by atoms with Crippen molar-refractivity contribution in [2.24, 2.45) is 0 Å². The number of aromatic nitrogens is 2. The Kier molecular flexibility index (Phi) is 3.05. The Hall–Kier alpha value is -2.03. The van der Waals surface area contributed by atoms with Crippen molar-refractivity contribution in [3.63, 3.8) is 0 Å². The molecule has 2 nitrogen and oxygen atoms in total. The fourth-order valence-corrected chi connectivity index (χ4v) is 1.41. The zero-order valence-corrected chi connectivity index (χ0v) is 8.89. The van der Waals surface area contributed by atoms with Gasteiger partial charge in [-0.05, 0) is 24.6 Å². The standard InChI is InChI=1S/C13H11FN2/c1-10(14)9-11-3-5-12(6-4-11)13-15-7-2-8-16-13/h2-9H,1H3/b10-9-. The van der Waals surface area contributed by atoms with Crippen LogP contribution in [0.4, 0.5) is 4.39 Å². The summed E-state index contributed by atoms with van der Waals surface area (Å²) >= 11 is 0. The van der Waals surface area contributed by atoms with Gasteiger partial charge in [-0.25, -0.2) is 14.4 Å². The van der Waals surface area contributed by atoms with Gasteiger partial charge in [0.1, 0.15) is 0 Å². The van der Waals surface area contributed by atoms with Crippen LogP contribution < -0.4 is 0 Å². The topological polar surface area (TPSA) is 25.8 Å². The van der Waals surface area contributed by atoms with E-state index < -0.39 is 0 Å². The largest absolute Gasteiger partial charge is 0.237 e. The Bertz CT molecular complexity index is 485. The molecule has 80 valence electrons. The van der Waals surface area contributed by atoms with Crippen LogP contribution in [0.25, 0.3) is 17.5 Å². The highest BCUT2D eigenvalue weighted by Crippen LogP contribution is 2.16. The van der Waals surface area contributed by atoms with E-state index in [4.69, 9.17) is 0 Å². The van der Waals surface area contributed by atoms with Crippen LogP contribution in [0, 0.1) is 0 Å². The maximum absolute atomic E-state index is 12.6. The minimum absolute atomic E-state index is 0.205. The van der Waals surface area contributed by atoms with Crippen molar-refractivity contribution in [2.45, 2.75) is 6.92 Å². The van der Waals surface area contributed by atoms with E-state index in [0.29, 0.717) is 5.82 Å². The third kappa shape index (κ3) is 2.51. The lowest BCUT2D eigenvalue weighted by Gasteiger charge is -1.99. The van der Waals surface area contributed by atoms with Gasteiger partial charge < -0.3 is 0 Å². The number of benzene rings is 1. The Labute approximate surface area is 93.5 Å². The van der Waals surface area contributed by atoms with E-state index in [0.717, 1.165) is 11.1 Å². The Morgan fingerprint density at radius 2 is 1.75 bits per heavy atom. The molecule has 2 aromatic rings. The fourth-order valence-electron chi connectivity index (χ4n) is 1.41. The van der Waals surface area contributed by atoms with Gasteiger partial charge in [-0.2, -0.15) is 0 Å². The van der Waals surface area contributed by atoms with Gasteiger partial charge in [0.05, 0.1) is 5.83 Å². The molecular weight excluding hydrogens is 203 g/mol. The van der Waals surface area contributed by atoms with Crippen LogP contribution in [0.5, 0.6) is 0 Å². The molecule has 2 rings (SSSR count). The summed E-state index contributed by atoms with van der Waals surface area (Å²) in [6.07, 6.45) is 4.87. The monoisotopic (exact) mass is 214 g/mol. The zero-order valence-electron chi connectivity index (χ0n) is 8.89. The van der Waals surface area contributed by atoms with E-state index in [9.17, 15) is 4.39 Å². The first kappa shape index (κ1) is 10.5. The summed E-state index contributed by atoms with van der Waals surface area (Å²) in [5, 5.41) is 0. The first-order chi connectivity index (χ1) is 7.75. The van der Waals surface area contributed by atoms with Gasteiger partial charge >= 0.3 is 0 Å². The van der Waals surface area contributed by atoms with Gasteiger partial charge in [-0.15, -0.1) is 0 Å². The highest BCUT2D eigenvalue weighted by atomic mass is 19.1. The van der Waals surface area contributed by atoms with Crippen molar-refractivity contribution in [2.75, 3.05) is 0 Å². The second-order valence-electron chi connectivity index (χ2n) is 3.43. The van der Waals surface area contributed by atoms with Gasteiger partial charge in [0, 0.05) is 18.0 Å². The molecule has 0 unspecified atom stereocenters. The maximum Gasteiger partial charge on any atom is 0.159 e. The molecule has 1 aromatic carbocycles. The molecule has 0 aliphatic rings. The molecule has 1 heterocycles. The van der Waals surface area contributed by atoms with Crippen LogP contribution in [0.2, 0.25) is 0 Å². The quantitative estimate of drug-likeness (QED) is 0.764. The number of rotatable bonds is 2. The van der Waals surface area contributed by atoms with E-state index in [2.05, 4.69) is 9.97 Å². The summed E-state index contributed by atoms with van der Waals surface area (Å²) in [5.41, 5.74) is 1.76. The van der Waals surface area contributed by atoms with Gasteiger partial charge in [0.25, 0.3) is 0 Å². The number of halogens is 1. The molecule has 0 amide bonds. The summed E-state index contributed by atoms with van der Waals surface area (Å²) in [7, 11) is 0. The van der Waals surface area contributed by atoms with Crippen LogP contribution in [0.15, 0.2) is 48.6 Å². The number of allylic oxidation sites excluding steroid dienone is 1. The molecule has 0 bridgehead atoms. The summed E-state index contributed by atoms with van der Waals surface area (Å²) in [6, 6.07) is 9.21. The average Bonchev–Trinajstić information content (AvgIpc) is 2.30. The highest BCUT2D eigenvalue weighted by Gasteiger charge is 1.98. The molecule has 0 atom stereocenters. The van der Waals surface area contributed by atoms with E-state index in [-0.39, 0.29) is 5.83 Å². The molecular formula is C13H11FN2. The predicted molar refractivity (Wildman–Crippen MR) is 62.2 cm³/mol. The van der Waals surface area contributed by atoms with Crippen LogP contribution in [0.1, 0.15) is 12.5 Å². The van der Waals surface area contributed by atoms with Crippen molar-refractivity contribution in [1.82, 2.24) is 9.97 Å². The highest BCUT2D eigenvalue weighted by molar-refractivity contribution is 5.59. The molecule has 0 N–H and O–H groups in total. The van der Waals surface area contributed by atoms with Crippen LogP contribution in [-0.4, -0.2) is 9.97 Å². The lowest BCUT2D eigenvalue weighted by molar-refractivity contribution is 0.648. The Balaban J connectivity index is 2.30. The van der Waals surface area contributed by atoms with Crippen LogP contribution in [0.3, 0.4) is 0 Å². The zero-order chi connectivity index (χ0) is 11.4. The van der Waals surface area contributed by atoms with E-state index in [1.54, 1.807) is 18.5 Å². The van der Waals surface area contributed by atoms with Gasteiger partial charge in [-0.1, -0.05) is 24.3 Å². The third-order valence-corrected chi connectivity index (χ3v) is 2.10. The molecule has 1 aromatic heterocycles. The lowest BCUT2D eigenvalue weighted by Crippen LogP contribution is -1.86. The van der Waals surface area contributed by atoms with Gasteiger partial charge in [-0.3, -0.25) is 0 Å². The first-order valence-corrected chi connectivity index (χ1v) is 4.97. The summed E-state index contributed by atoms with van der Waals surface area (Å²) < 4.78 is 12.6. The third-order valence-electron chi connectivity index (χ3n) is 2.10. The molecule has 0 saturated heterocycles. The van der Waals surface area contributed by atoms with Crippen molar-refractivity contribution in [1.29, 1.82) is 0 Å². The molecule has 0 radical (unpaired) electrons.